The predicted octanol–water partition coefficient (Wildman–Crippen LogP) is 4.08. The molecule has 7 nitrogen and oxygen atoms in total. The van der Waals surface area contributed by atoms with Gasteiger partial charge >= 0.3 is 0 Å². The highest BCUT2D eigenvalue weighted by Crippen LogP contribution is 2.27. The van der Waals surface area contributed by atoms with Crippen LogP contribution in [0.1, 0.15) is 28.9 Å². The lowest BCUT2D eigenvalue weighted by Gasteiger charge is -2.29. The molecule has 0 amide bonds. The Kier molecular flexibility index (Phi) is 7.87. The Labute approximate surface area is 216 Å². The molecular weight excluding hydrogens is 469 g/mol. The zero-order valence-electron chi connectivity index (χ0n) is 21.1. The molecule has 37 heavy (non-hydrogen) atoms. The maximum Gasteiger partial charge on any atom is 0.197 e. The molecule has 0 bridgehead atoms. The summed E-state index contributed by atoms with van der Waals surface area (Å²) in [6.45, 7) is 6.72. The van der Waals surface area contributed by atoms with Gasteiger partial charge in [-0.25, -0.2) is 4.39 Å². The summed E-state index contributed by atoms with van der Waals surface area (Å²) in [4.78, 5) is 26.1. The van der Waals surface area contributed by atoms with E-state index in [1.165, 1.54) is 11.6 Å². The fraction of sp³-hybridized carbons (Fsp3) is 0.345. The van der Waals surface area contributed by atoms with E-state index in [1.54, 1.807) is 24.7 Å². The smallest absolute Gasteiger partial charge is 0.197 e. The number of hydrogen-bond acceptors (Lipinski definition) is 7. The first-order valence-electron chi connectivity index (χ1n) is 12.8. The number of rotatable bonds is 9. The number of hydrogen-bond donors (Lipinski definition) is 1. The second kappa shape index (κ2) is 11.6. The Hall–Kier alpha value is -3.62. The summed E-state index contributed by atoms with van der Waals surface area (Å²) >= 11 is 0. The zero-order chi connectivity index (χ0) is 25.6. The van der Waals surface area contributed by atoms with Crippen molar-refractivity contribution in [3.63, 3.8) is 0 Å². The van der Waals surface area contributed by atoms with Gasteiger partial charge < -0.3 is 14.6 Å². The SMILES string of the molecule is Cc1oc2cc(N3CCNCC3)c(F)cc2c(=O)c1CN(CCCc1cccnc1)Cc1ccncc1. The Morgan fingerprint density at radius 3 is 2.62 bits per heavy atom. The minimum Gasteiger partial charge on any atom is -0.461 e. The number of pyridine rings is 2. The topological polar surface area (TPSA) is 74.5 Å². The molecule has 0 radical (unpaired) electrons. The molecule has 0 atom stereocenters. The van der Waals surface area contributed by atoms with Crippen LogP contribution in [0.3, 0.4) is 0 Å². The minimum absolute atomic E-state index is 0.170. The number of piperazine rings is 1. The summed E-state index contributed by atoms with van der Waals surface area (Å²) in [7, 11) is 0. The van der Waals surface area contributed by atoms with Crippen LogP contribution in [0.4, 0.5) is 10.1 Å². The third-order valence-electron chi connectivity index (χ3n) is 6.91. The van der Waals surface area contributed by atoms with Crippen LogP contribution in [0.25, 0.3) is 11.0 Å². The first-order chi connectivity index (χ1) is 18.1. The molecule has 0 unspecified atom stereocenters. The minimum atomic E-state index is -0.387. The Morgan fingerprint density at radius 2 is 1.86 bits per heavy atom. The van der Waals surface area contributed by atoms with E-state index in [0.29, 0.717) is 48.8 Å². The van der Waals surface area contributed by atoms with Crippen molar-refractivity contribution in [1.29, 1.82) is 0 Å². The zero-order valence-corrected chi connectivity index (χ0v) is 21.1. The number of aryl methyl sites for hydroxylation is 2. The van der Waals surface area contributed by atoms with Gasteiger partial charge in [0, 0.05) is 70.1 Å². The standard InChI is InChI=1S/C29H32FN5O2/c1-21-25(29(36)24-16-26(30)27(17-28(24)37-21)35-14-11-32-12-15-35)20-34(19-23-6-9-31-10-7-23)13-3-5-22-4-2-8-33-18-22/h2,4,6-10,16-18,32H,3,5,11-15,19-20H2,1H3. The molecule has 5 rings (SSSR count). The van der Waals surface area contributed by atoms with Gasteiger partial charge in [0.2, 0.25) is 0 Å². The first-order valence-corrected chi connectivity index (χ1v) is 12.8. The van der Waals surface area contributed by atoms with Crippen molar-refractivity contribution in [3.05, 3.63) is 99.7 Å². The summed E-state index contributed by atoms with van der Waals surface area (Å²) in [6.07, 6.45) is 9.02. The molecule has 0 aliphatic carbocycles. The molecule has 0 spiro atoms. The molecule has 1 fully saturated rings. The predicted molar refractivity (Wildman–Crippen MR) is 143 cm³/mol. The van der Waals surface area contributed by atoms with Crippen molar-refractivity contribution >= 4 is 16.7 Å². The first kappa shape index (κ1) is 25.0. The summed E-state index contributed by atoms with van der Waals surface area (Å²) < 4.78 is 21.3. The lowest BCUT2D eigenvalue weighted by atomic mass is 10.1. The fourth-order valence-electron chi connectivity index (χ4n) is 4.92. The van der Waals surface area contributed by atoms with E-state index < -0.39 is 0 Å². The van der Waals surface area contributed by atoms with E-state index >= 15 is 4.39 Å². The third-order valence-corrected chi connectivity index (χ3v) is 6.91. The van der Waals surface area contributed by atoms with E-state index in [4.69, 9.17) is 4.42 Å². The van der Waals surface area contributed by atoms with Gasteiger partial charge in [-0.2, -0.15) is 0 Å². The van der Waals surface area contributed by atoms with Gasteiger partial charge in [0.25, 0.3) is 0 Å². The monoisotopic (exact) mass is 501 g/mol. The van der Waals surface area contributed by atoms with Gasteiger partial charge in [-0.3, -0.25) is 19.7 Å². The Bertz CT molecular complexity index is 1390. The summed E-state index contributed by atoms with van der Waals surface area (Å²) in [5.41, 5.74) is 3.61. The number of benzene rings is 1. The van der Waals surface area contributed by atoms with Crippen LogP contribution in [0.5, 0.6) is 0 Å². The second-order valence-corrected chi connectivity index (χ2v) is 9.53. The summed E-state index contributed by atoms with van der Waals surface area (Å²) in [5.74, 6) is 0.184. The van der Waals surface area contributed by atoms with E-state index in [0.717, 1.165) is 38.0 Å². The Morgan fingerprint density at radius 1 is 1.05 bits per heavy atom. The molecule has 1 aromatic carbocycles. The van der Waals surface area contributed by atoms with E-state index in [1.807, 2.05) is 36.2 Å². The molecule has 1 N–H and O–H groups in total. The molecule has 3 aromatic heterocycles. The molecular formula is C29H32FN5O2. The van der Waals surface area contributed by atoms with Crippen LogP contribution in [0.2, 0.25) is 0 Å². The van der Waals surface area contributed by atoms with Gasteiger partial charge in [0.1, 0.15) is 17.2 Å². The highest BCUT2D eigenvalue weighted by molar-refractivity contribution is 5.81. The number of nitrogens with one attached hydrogen (secondary N) is 1. The molecule has 4 aromatic rings. The van der Waals surface area contributed by atoms with Gasteiger partial charge in [-0.15, -0.1) is 0 Å². The van der Waals surface area contributed by atoms with Crippen LogP contribution in [-0.2, 0) is 19.5 Å². The molecule has 4 heterocycles. The number of nitrogens with zero attached hydrogens (tertiary/aromatic N) is 4. The number of anilines is 1. The highest BCUT2D eigenvalue weighted by Gasteiger charge is 2.20. The maximum absolute atomic E-state index is 15.1. The molecule has 0 saturated carbocycles. The van der Waals surface area contributed by atoms with Crippen molar-refractivity contribution in [2.75, 3.05) is 37.6 Å². The largest absolute Gasteiger partial charge is 0.461 e. The Balaban J connectivity index is 1.41. The van der Waals surface area contributed by atoms with Crippen LogP contribution < -0.4 is 15.6 Å². The van der Waals surface area contributed by atoms with Crippen molar-refractivity contribution < 1.29 is 8.81 Å². The molecule has 1 aliphatic rings. The number of aromatic nitrogens is 2. The second-order valence-electron chi connectivity index (χ2n) is 9.53. The normalized spacial score (nSPS) is 14.0. The van der Waals surface area contributed by atoms with Gasteiger partial charge in [-0.05, 0) is 61.7 Å². The lowest BCUT2D eigenvalue weighted by Crippen LogP contribution is -2.43. The lowest BCUT2D eigenvalue weighted by molar-refractivity contribution is 0.250. The van der Waals surface area contributed by atoms with Crippen LogP contribution >= 0.6 is 0 Å². The molecule has 1 aliphatic heterocycles. The maximum atomic E-state index is 15.1. The van der Waals surface area contributed by atoms with Gasteiger partial charge in [0.05, 0.1) is 16.6 Å². The third kappa shape index (κ3) is 6.03. The van der Waals surface area contributed by atoms with Crippen LogP contribution in [0.15, 0.2) is 70.4 Å². The molecule has 1 saturated heterocycles. The number of halogens is 1. The average molecular weight is 502 g/mol. The highest BCUT2D eigenvalue weighted by atomic mass is 19.1. The van der Waals surface area contributed by atoms with Crippen molar-refractivity contribution in [2.24, 2.45) is 0 Å². The van der Waals surface area contributed by atoms with Gasteiger partial charge in [0.15, 0.2) is 5.43 Å². The summed E-state index contributed by atoms with van der Waals surface area (Å²) in [6, 6.07) is 11.0. The van der Waals surface area contributed by atoms with E-state index in [9.17, 15) is 4.79 Å². The quantitative estimate of drug-likeness (QED) is 0.371. The van der Waals surface area contributed by atoms with Crippen molar-refractivity contribution in [2.45, 2.75) is 32.9 Å². The summed E-state index contributed by atoms with van der Waals surface area (Å²) in [5, 5.41) is 3.57. The molecule has 192 valence electrons. The van der Waals surface area contributed by atoms with Gasteiger partial charge in [-0.1, -0.05) is 6.07 Å². The van der Waals surface area contributed by atoms with E-state index in [-0.39, 0.29) is 16.6 Å². The van der Waals surface area contributed by atoms with E-state index in [2.05, 4.69) is 26.3 Å². The van der Waals surface area contributed by atoms with Crippen molar-refractivity contribution in [3.8, 4) is 0 Å². The average Bonchev–Trinajstić information content (AvgIpc) is 2.93. The van der Waals surface area contributed by atoms with Crippen LogP contribution in [0, 0.1) is 12.7 Å². The van der Waals surface area contributed by atoms with Crippen molar-refractivity contribution in [1.82, 2.24) is 20.2 Å². The van der Waals surface area contributed by atoms with Crippen LogP contribution in [-0.4, -0.2) is 47.6 Å². The fourth-order valence-corrected chi connectivity index (χ4v) is 4.92. The number of fused-ring (bicyclic) bond motifs is 1. The molecule has 8 heteroatoms.